The van der Waals surface area contributed by atoms with Crippen molar-refractivity contribution in [1.82, 2.24) is 4.98 Å². The SMILES string of the molecule is COc1cc(=O)c2c(=O)c3c(c(=O)c=2c1=O)=C(O)[C@]1(CCc2c1c(O)c1c(=O)[nH]c(/C=N/OCc4cccc(Cl)c4)cc1c2I)C=3O. The van der Waals surface area contributed by atoms with Crippen molar-refractivity contribution in [2.24, 2.45) is 5.16 Å². The zero-order valence-electron chi connectivity index (χ0n) is 24.1. The lowest BCUT2D eigenvalue weighted by Gasteiger charge is -2.27. The molecule has 0 saturated carbocycles. The number of hydrogen-bond donors (Lipinski definition) is 4. The van der Waals surface area contributed by atoms with E-state index in [1.54, 1.807) is 24.3 Å². The Hall–Kier alpha value is -5.02. The molecule has 4 aliphatic rings. The smallest absolute Gasteiger partial charge is 0.260 e. The number of rotatable bonds is 5. The largest absolute Gasteiger partial charge is 0.510 e. The number of aromatic nitrogens is 1. The van der Waals surface area contributed by atoms with Crippen LogP contribution in [0.3, 0.4) is 0 Å². The van der Waals surface area contributed by atoms with Gasteiger partial charge in [-0.1, -0.05) is 28.9 Å². The molecular weight excluding hydrogens is 747 g/mol. The van der Waals surface area contributed by atoms with Gasteiger partial charge in [0.15, 0.2) is 11.2 Å². The van der Waals surface area contributed by atoms with Gasteiger partial charge in [-0.2, -0.15) is 0 Å². The van der Waals surface area contributed by atoms with Gasteiger partial charge in [0.05, 0.1) is 45.3 Å². The van der Waals surface area contributed by atoms with Crippen LogP contribution in [0, 0.1) is 14.0 Å². The van der Waals surface area contributed by atoms with Crippen molar-refractivity contribution in [3.8, 4) is 11.5 Å². The van der Waals surface area contributed by atoms with Crippen LogP contribution in [-0.2, 0) is 23.3 Å². The van der Waals surface area contributed by atoms with Gasteiger partial charge >= 0.3 is 0 Å². The van der Waals surface area contributed by atoms with Gasteiger partial charge in [0, 0.05) is 25.6 Å². The number of ether oxygens (including phenoxy) is 1. The Morgan fingerprint density at radius 3 is 2.36 bits per heavy atom. The third-order valence-corrected chi connectivity index (χ3v) is 10.2. The fraction of sp³-hybridized carbons (Fsp3) is 0.152. The third-order valence-electron chi connectivity index (χ3n) is 8.76. The second-order valence-corrected chi connectivity index (χ2v) is 12.7. The minimum absolute atomic E-state index is 0.0671. The second kappa shape index (κ2) is 10.8. The Balaban J connectivity index is 1.42. The van der Waals surface area contributed by atoms with Crippen LogP contribution in [0.1, 0.15) is 28.8 Å². The number of nitrogens with zero attached hydrogens (tertiary/aromatic N) is 1. The Labute approximate surface area is 279 Å². The van der Waals surface area contributed by atoms with Crippen molar-refractivity contribution in [3.05, 3.63) is 139 Å². The van der Waals surface area contributed by atoms with Crippen molar-refractivity contribution in [2.45, 2.75) is 24.9 Å². The predicted molar refractivity (Wildman–Crippen MR) is 180 cm³/mol. The molecular formula is C33H20ClIN2O10. The minimum Gasteiger partial charge on any atom is -0.510 e. The van der Waals surface area contributed by atoms with Gasteiger partial charge in [0.25, 0.3) is 5.56 Å². The highest BCUT2D eigenvalue weighted by Gasteiger charge is 2.53. The molecule has 1 aromatic heterocycles. The number of benzene rings is 2. The van der Waals surface area contributed by atoms with Crippen molar-refractivity contribution >= 4 is 62.7 Å². The number of oxime groups is 1. The first kappa shape index (κ1) is 30.6. The molecule has 1 spiro atoms. The van der Waals surface area contributed by atoms with Gasteiger partial charge in [-0.15, -0.1) is 0 Å². The van der Waals surface area contributed by atoms with E-state index in [4.69, 9.17) is 21.2 Å². The molecule has 14 heteroatoms. The predicted octanol–water partition coefficient (Wildman–Crippen LogP) is 1.32. The van der Waals surface area contributed by atoms with E-state index in [1.165, 1.54) is 6.21 Å². The van der Waals surface area contributed by atoms with Crippen molar-refractivity contribution in [2.75, 3.05) is 7.11 Å². The molecule has 0 aliphatic heterocycles. The summed E-state index contributed by atoms with van der Waals surface area (Å²) in [4.78, 5) is 74.5. The van der Waals surface area contributed by atoms with Crippen LogP contribution < -0.4 is 42.4 Å². The Kier molecular flexibility index (Phi) is 7.02. The molecule has 4 aliphatic carbocycles. The lowest BCUT2D eigenvalue weighted by atomic mass is 9.78. The summed E-state index contributed by atoms with van der Waals surface area (Å²) in [5, 5.41) is 36.8. The fourth-order valence-electron chi connectivity index (χ4n) is 6.71. The summed E-state index contributed by atoms with van der Waals surface area (Å²) >= 11 is 7.97. The zero-order valence-corrected chi connectivity index (χ0v) is 27.0. The maximum Gasteiger partial charge on any atom is 0.260 e. The molecule has 4 N–H and O–H groups in total. The number of nitrogens with one attached hydrogen (secondary N) is 1. The highest BCUT2D eigenvalue weighted by Crippen LogP contribution is 2.55. The lowest BCUT2D eigenvalue weighted by Crippen LogP contribution is -2.51. The number of pyridine rings is 1. The lowest BCUT2D eigenvalue weighted by molar-refractivity contribution is 0.132. The van der Waals surface area contributed by atoms with Crippen molar-refractivity contribution in [1.29, 1.82) is 0 Å². The highest BCUT2D eigenvalue weighted by atomic mass is 127. The molecule has 0 radical (unpaired) electrons. The first-order valence-electron chi connectivity index (χ1n) is 14.0. The van der Waals surface area contributed by atoms with Gasteiger partial charge in [-0.05, 0) is 64.8 Å². The molecule has 0 saturated heterocycles. The average molecular weight is 767 g/mol. The second-order valence-electron chi connectivity index (χ2n) is 11.2. The standard InChI is InChI=1S/C33H20ClIN2O10/c1-46-18-9-17(38)20-21(26(18)39)28(41)23-22(27(20)40)30(43)33(31(23)44)6-5-15-24(33)29(42)19-16(25(15)35)8-14(37-32(19)45)10-36-47-11-12-3-2-4-13(34)7-12/h2-4,7-10,42-44H,5-6,11H2,1H3,(H,37,45)/b36-10+/t33-/m0/s1. The third kappa shape index (κ3) is 4.18. The summed E-state index contributed by atoms with van der Waals surface area (Å²) in [6.45, 7) is 0.122. The molecule has 47 heavy (non-hydrogen) atoms. The van der Waals surface area contributed by atoms with Gasteiger partial charge in [0.2, 0.25) is 16.3 Å². The molecule has 0 amide bonds. The van der Waals surface area contributed by atoms with E-state index in [1.807, 2.05) is 28.7 Å². The molecule has 3 aromatic rings. The number of halogens is 2. The molecule has 0 fully saturated rings. The summed E-state index contributed by atoms with van der Waals surface area (Å²) in [6, 6.07) is 9.38. The summed E-state index contributed by atoms with van der Waals surface area (Å²) < 4.78 is 5.41. The maximum absolute atomic E-state index is 13.7. The molecule has 1 heterocycles. The fourth-order valence-corrected chi connectivity index (χ4v) is 7.89. The first-order chi connectivity index (χ1) is 22.4. The van der Waals surface area contributed by atoms with Gasteiger partial charge in [0.1, 0.15) is 29.3 Å². The van der Waals surface area contributed by atoms with E-state index in [0.29, 0.717) is 19.5 Å². The molecule has 1 atom stereocenters. The molecule has 236 valence electrons. The zero-order chi connectivity index (χ0) is 33.5. The van der Waals surface area contributed by atoms with E-state index in [-0.39, 0.29) is 36.1 Å². The number of aromatic amines is 1. The number of phenolic OH excluding ortho intramolecular Hbond substituents is 1. The summed E-state index contributed by atoms with van der Waals surface area (Å²) in [6.07, 6.45) is 1.33. The first-order valence-corrected chi connectivity index (χ1v) is 15.4. The highest BCUT2D eigenvalue weighted by molar-refractivity contribution is 14.1. The molecule has 0 bridgehead atoms. The monoisotopic (exact) mass is 766 g/mol. The van der Waals surface area contributed by atoms with Crippen LogP contribution >= 0.6 is 34.2 Å². The summed E-state index contributed by atoms with van der Waals surface area (Å²) in [5.74, 6) is -2.58. The van der Waals surface area contributed by atoms with E-state index in [0.717, 1.165) is 18.7 Å². The van der Waals surface area contributed by atoms with Gasteiger partial charge in [-0.25, -0.2) is 0 Å². The number of phenols is 1. The summed E-state index contributed by atoms with van der Waals surface area (Å²) in [7, 11) is 1.12. The van der Waals surface area contributed by atoms with Crippen LogP contribution in [0.15, 0.2) is 65.5 Å². The molecule has 0 unspecified atom stereocenters. The topological polar surface area (TPSA) is 193 Å². The number of methoxy groups -OCH3 is 1. The summed E-state index contributed by atoms with van der Waals surface area (Å²) in [5.41, 5.74) is -5.55. The Bertz CT molecular complexity index is 2750. The van der Waals surface area contributed by atoms with Crippen LogP contribution in [0.5, 0.6) is 11.5 Å². The maximum atomic E-state index is 13.7. The van der Waals surface area contributed by atoms with Crippen LogP contribution in [-0.4, -0.2) is 33.6 Å². The minimum atomic E-state index is -2.00. The number of aliphatic hydroxyl groups excluding tert-OH is 2. The normalized spacial score (nSPS) is 16.9. The number of aromatic hydroxyl groups is 1. The van der Waals surface area contributed by atoms with Gasteiger partial charge in [-0.3, -0.25) is 24.0 Å². The van der Waals surface area contributed by atoms with E-state index in [2.05, 4.69) is 10.1 Å². The number of fused-ring (bicyclic) bond motifs is 4. The Morgan fingerprint density at radius 2 is 1.68 bits per heavy atom. The average Bonchev–Trinajstić information content (AvgIpc) is 3.55. The van der Waals surface area contributed by atoms with Crippen molar-refractivity contribution in [3.63, 3.8) is 0 Å². The Morgan fingerprint density at radius 1 is 0.979 bits per heavy atom. The van der Waals surface area contributed by atoms with Gasteiger partial charge < -0.3 is 29.9 Å². The van der Waals surface area contributed by atoms with E-state index < -0.39 is 76.6 Å². The van der Waals surface area contributed by atoms with E-state index in [9.17, 15) is 39.3 Å². The molecule has 12 nitrogen and oxygen atoms in total. The number of hydrogen-bond acceptors (Lipinski definition) is 11. The quantitative estimate of drug-likeness (QED) is 0.115. The number of aliphatic hydroxyl groups is 2. The number of H-pyrrole nitrogens is 1. The van der Waals surface area contributed by atoms with Crippen LogP contribution in [0.4, 0.5) is 0 Å². The van der Waals surface area contributed by atoms with Crippen LogP contribution in [0.25, 0.3) is 22.3 Å². The molecule has 2 aromatic carbocycles. The molecule has 7 rings (SSSR count). The van der Waals surface area contributed by atoms with E-state index >= 15 is 0 Å². The van der Waals surface area contributed by atoms with Crippen LogP contribution in [0.2, 0.25) is 5.02 Å². The van der Waals surface area contributed by atoms with Crippen molar-refractivity contribution < 1.29 is 24.9 Å².